The minimum absolute atomic E-state index is 0.143. The minimum Gasteiger partial charge on any atom is -0.493 e. The van der Waals surface area contributed by atoms with E-state index in [0.717, 1.165) is 51.5 Å². The SMILES string of the molecule is Cc1nc2c(cc(C(=O)NCCO)n2C)c(-c2cc(P)c3c(c2C)CCCO3)c1CC(=O)O. The highest BCUT2D eigenvalue weighted by atomic mass is 31.0. The number of aliphatic hydroxyl groups excluding tert-OH is 1. The second kappa shape index (κ2) is 9.12. The van der Waals surface area contributed by atoms with Crippen molar-refractivity contribution < 1.29 is 24.5 Å². The topological polar surface area (TPSA) is 114 Å². The third-order valence-electron chi connectivity index (χ3n) is 6.22. The Balaban J connectivity index is 2.05. The van der Waals surface area contributed by atoms with Gasteiger partial charge in [-0.05, 0) is 66.6 Å². The molecule has 1 amide bonds. The third kappa shape index (κ3) is 4.09. The van der Waals surface area contributed by atoms with Gasteiger partial charge in [0.1, 0.15) is 17.1 Å². The minimum atomic E-state index is -0.942. The molecular formula is C24H28N3O5P. The van der Waals surface area contributed by atoms with Gasteiger partial charge in [0.2, 0.25) is 0 Å². The number of carboxylic acid groups (broad SMARTS) is 1. The van der Waals surface area contributed by atoms with Crippen molar-refractivity contribution in [3.63, 3.8) is 0 Å². The van der Waals surface area contributed by atoms with E-state index < -0.39 is 5.97 Å². The van der Waals surface area contributed by atoms with E-state index in [0.29, 0.717) is 29.2 Å². The number of carbonyl (C=O) groups is 2. The van der Waals surface area contributed by atoms with Crippen molar-refractivity contribution in [3.05, 3.63) is 40.2 Å². The smallest absolute Gasteiger partial charge is 0.307 e. The number of nitrogens with one attached hydrogen (secondary N) is 1. The van der Waals surface area contributed by atoms with Gasteiger partial charge in [0.15, 0.2) is 0 Å². The van der Waals surface area contributed by atoms with Gasteiger partial charge in [-0.1, -0.05) is 0 Å². The van der Waals surface area contributed by atoms with Crippen molar-refractivity contribution in [2.75, 3.05) is 19.8 Å². The number of hydrogen-bond donors (Lipinski definition) is 3. The third-order valence-corrected chi connectivity index (χ3v) is 6.65. The molecule has 0 aliphatic carbocycles. The highest BCUT2D eigenvalue weighted by Gasteiger charge is 2.26. The van der Waals surface area contributed by atoms with E-state index >= 15 is 0 Å². The van der Waals surface area contributed by atoms with Crippen molar-refractivity contribution in [3.8, 4) is 16.9 Å². The first-order valence-corrected chi connectivity index (χ1v) is 11.5. The van der Waals surface area contributed by atoms with Crippen LogP contribution in [0.2, 0.25) is 0 Å². The standard InChI is InChI=1S/C24H28N3O5P/c1-12-14-5-4-8-32-22(14)19(33)10-15(12)21-16(11-20(29)30)13(2)26-23-17(21)9-18(27(23)3)24(31)25-6-7-28/h9-10,28H,4-8,11,33H2,1-3H3,(H,25,31)(H,29,30). The lowest BCUT2D eigenvalue weighted by molar-refractivity contribution is -0.136. The molecule has 1 atom stereocenters. The lowest BCUT2D eigenvalue weighted by Crippen LogP contribution is -2.27. The van der Waals surface area contributed by atoms with Crippen LogP contribution < -0.4 is 15.4 Å². The van der Waals surface area contributed by atoms with E-state index in [1.807, 2.05) is 13.0 Å². The molecule has 0 radical (unpaired) electrons. The van der Waals surface area contributed by atoms with E-state index in [4.69, 9.17) is 9.84 Å². The van der Waals surface area contributed by atoms with Crippen molar-refractivity contribution >= 4 is 37.5 Å². The maximum atomic E-state index is 12.7. The first kappa shape index (κ1) is 23.2. The summed E-state index contributed by atoms with van der Waals surface area (Å²) in [6.45, 7) is 4.51. The number of aliphatic carboxylic acids is 1. The summed E-state index contributed by atoms with van der Waals surface area (Å²) >= 11 is 0. The van der Waals surface area contributed by atoms with Gasteiger partial charge in [-0.25, -0.2) is 4.98 Å². The highest BCUT2D eigenvalue weighted by Crippen LogP contribution is 2.40. The maximum absolute atomic E-state index is 12.7. The summed E-state index contributed by atoms with van der Waals surface area (Å²) in [5, 5.41) is 23.0. The fourth-order valence-corrected chi connectivity index (χ4v) is 5.05. The van der Waals surface area contributed by atoms with E-state index in [2.05, 4.69) is 19.5 Å². The molecular weight excluding hydrogens is 441 g/mol. The summed E-state index contributed by atoms with van der Waals surface area (Å²) in [7, 11) is 4.50. The number of benzene rings is 1. The molecule has 174 valence electrons. The van der Waals surface area contributed by atoms with Gasteiger partial charge in [0, 0.05) is 30.0 Å². The summed E-state index contributed by atoms with van der Waals surface area (Å²) < 4.78 is 7.63. The van der Waals surface area contributed by atoms with Crippen LogP contribution in [0.25, 0.3) is 22.2 Å². The number of hydrogen-bond acceptors (Lipinski definition) is 5. The van der Waals surface area contributed by atoms with Crippen LogP contribution in [0.1, 0.15) is 39.3 Å². The Labute approximate surface area is 194 Å². The van der Waals surface area contributed by atoms with Gasteiger partial charge in [-0.3, -0.25) is 9.59 Å². The maximum Gasteiger partial charge on any atom is 0.307 e. The van der Waals surface area contributed by atoms with Crippen molar-refractivity contribution in [2.45, 2.75) is 33.1 Å². The van der Waals surface area contributed by atoms with Crippen LogP contribution in [0.5, 0.6) is 5.75 Å². The number of aliphatic hydroxyl groups is 1. The van der Waals surface area contributed by atoms with Crippen LogP contribution in [-0.2, 0) is 24.7 Å². The molecule has 1 aliphatic rings. The average Bonchev–Trinajstić information content (AvgIpc) is 3.11. The van der Waals surface area contributed by atoms with Crippen LogP contribution in [0, 0.1) is 13.8 Å². The summed E-state index contributed by atoms with van der Waals surface area (Å²) in [5.74, 6) is -0.385. The first-order chi connectivity index (χ1) is 15.7. The van der Waals surface area contributed by atoms with Crippen LogP contribution in [-0.4, -0.2) is 51.4 Å². The Kier molecular flexibility index (Phi) is 6.41. The molecule has 4 rings (SSSR count). The summed E-state index contributed by atoms with van der Waals surface area (Å²) in [6.07, 6.45) is 1.64. The number of aryl methyl sites for hydroxylation is 2. The average molecular weight is 469 g/mol. The molecule has 33 heavy (non-hydrogen) atoms. The zero-order valence-corrected chi connectivity index (χ0v) is 20.1. The monoisotopic (exact) mass is 469 g/mol. The molecule has 1 aromatic carbocycles. The number of nitrogens with zero attached hydrogens (tertiary/aromatic N) is 2. The largest absolute Gasteiger partial charge is 0.493 e. The molecule has 3 N–H and O–H groups in total. The van der Waals surface area contributed by atoms with Crippen molar-refractivity contribution in [1.29, 1.82) is 0 Å². The van der Waals surface area contributed by atoms with E-state index in [1.54, 1.807) is 24.6 Å². The molecule has 1 unspecified atom stereocenters. The van der Waals surface area contributed by atoms with E-state index in [9.17, 15) is 14.7 Å². The molecule has 0 saturated carbocycles. The molecule has 0 bridgehead atoms. The van der Waals surface area contributed by atoms with Gasteiger partial charge in [-0.2, -0.15) is 0 Å². The lowest BCUT2D eigenvalue weighted by atomic mass is 9.87. The van der Waals surface area contributed by atoms with Gasteiger partial charge in [0.05, 0.1) is 19.6 Å². The lowest BCUT2D eigenvalue weighted by Gasteiger charge is -2.24. The van der Waals surface area contributed by atoms with Crippen LogP contribution in [0.4, 0.5) is 0 Å². The van der Waals surface area contributed by atoms with E-state index in [-0.39, 0.29) is 25.5 Å². The fourth-order valence-electron chi connectivity index (χ4n) is 4.63. The second-order valence-electron chi connectivity index (χ2n) is 8.32. The molecule has 1 aliphatic heterocycles. The summed E-state index contributed by atoms with van der Waals surface area (Å²) in [4.78, 5) is 29.2. The predicted molar refractivity (Wildman–Crippen MR) is 130 cm³/mol. The molecule has 3 heterocycles. The van der Waals surface area contributed by atoms with Crippen molar-refractivity contribution in [1.82, 2.24) is 14.9 Å². The van der Waals surface area contributed by atoms with E-state index in [1.165, 1.54) is 0 Å². The zero-order chi connectivity index (χ0) is 23.9. The number of carboxylic acids is 1. The van der Waals surface area contributed by atoms with Crippen LogP contribution in [0.15, 0.2) is 12.1 Å². The number of pyridine rings is 1. The van der Waals surface area contributed by atoms with Gasteiger partial charge in [-0.15, -0.1) is 9.24 Å². The Hall–Kier alpha value is -2.96. The number of aromatic nitrogens is 2. The molecule has 0 saturated heterocycles. The quantitative estimate of drug-likeness (QED) is 0.476. The molecule has 9 heteroatoms. The first-order valence-electron chi connectivity index (χ1n) is 10.9. The highest BCUT2D eigenvalue weighted by molar-refractivity contribution is 7.27. The number of carbonyl (C=O) groups excluding carboxylic acids is 1. The van der Waals surface area contributed by atoms with Crippen LogP contribution in [0.3, 0.4) is 0 Å². The second-order valence-corrected chi connectivity index (χ2v) is 8.95. The number of fused-ring (bicyclic) bond motifs is 2. The van der Waals surface area contributed by atoms with Gasteiger partial charge < -0.3 is 24.8 Å². The molecule has 3 aromatic rings. The number of amides is 1. The Bertz CT molecular complexity index is 1280. The summed E-state index contributed by atoms with van der Waals surface area (Å²) in [5.41, 5.74) is 6.12. The Morgan fingerprint density at radius 1 is 1.30 bits per heavy atom. The van der Waals surface area contributed by atoms with Gasteiger partial charge >= 0.3 is 5.97 Å². The van der Waals surface area contributed by atoms with Crippen molar-refractivity contribution in [2.24, 2.45) is 7.05 Å². The molecule has 0 spiro atoms. The molecule has 2 aromatic heterocycles. The zero-order valence-electron chi connectivity index (χ0n) is 19.0. The number of rotatable bonds is 6. The number of ether oxygens (including phenoxy) is 1. The van der Waals surface area contributed by atoms with Crippen LogP contribution >= 0.6 is 9.24 Å². The summed E-state index contributed by atoms with van der Waals surface area (Å²) in [6, 6.07) is 3.77. The molecule has 0 fully saturated rings. The Morgan fingerprint density at radius 3 is 2.76 bits per heavy atom. The molecule has 8 nitrogen and oxygen atoms in total. The normalized spacial score (nSPS) is 13.0. The predicted octanol–water partition coefficient (Wildman–Crippen LogP) is 2.03. The Morgan fingerprint density at radius 2 is 2.06 bits per heavy atom. The fraction of sp³-hybridized carbons (Fsp3) is 0.375. The van der Waals surface area contributed by atoms with Gasteiger partial charge in [0.25, 0.3) is 5.91 Å².